The molecule has 2 rings (SSSR count). The Bertz CT molecular complexity index is 561. The molecule has 1 N–H and O–H groups in total. The SMILES string of the molecule is CC1(C(=O)O)CCN(C(=O)Cc2ccc(OC(F)F)cc2)C1. The fraction of sp³-hybridized carbons (Fsp3) is 0.467. The lowest BCUT2D eigenvalue weighted by Crippen LogP contribution is -2.35. The summed E-state index contributed by atoms with van der Waals surface area (Å²) >= 11 is 0. The van der Waals surface area contributed by atoms with Gasteiger partial charge in [-0.1, -0.05) is 12.1 Å². The van der Waals surface area contributed by atoms with Crippen LogP contribution >= 0.6 is 0 Å². The quantitative estimate of drug-likeness (QED) is 0.904. The van der Waals surface area contributed by atoms with E-state index in [2.05, 4.69) is 4.74 Å². The Morgan fingerprint density at radius 2 is 2.00 bits per heavy atom. The van der Waals surface area contributed by atoms with Crippen LogP contribution in [0.1, 0.15) is 18.9 Å². The van der Waals surface area contributed by atoms with Crippen molar-refractivity contribution < 1.29 is 28.2 Å². The smallest absolute Gasteiger partial charge is 0.387 e. The molecule has 1 aromatic rings. The highest BCUT2D eigenvalue weighted by Crippen LogP contribution is 2.30. The van der Waals surface area contributed by atoms with Crippen LogP contribution in [0.3, 0.4) is 0 Å². The number of ether oxygens (including phenoxy) is 1. The summed E-state index contributed by atoms with van der Waals surface area (Å²) in [6, 6.07) is 5.84. The molecule has 0 saturated carbocycles. The third kappa shape index (κ3) is 3.72. The number of aliphatic carboxylic acids is 1. The zero-order chi connectivity index (χ0) is 16.3. The number of alkyl halides is 2. The molecule has 0 aromatic heterocycles. The van der Waals surface area contributed by atoms with Gasteiger partial charge in [0.25, 0.3) is 0 Å². The van der Waals surface area contributed by atoms with Crippen LogP contribution in [0.4, 0.5) is 8.78 Å². The number of rotatable bonds is 5. The first-order chi connectivity index (χ1) is 10.3. The van der Waals surface area contributed by atoms with Crippen molar-refractivity contribution in [3.8, 4) is 5.75 Å². The zero-order valence-electron chi connectivity index (χ0n) is 12.1. The van der Waals surface area contributed by atoms with Gasteiger partial charge in [-0.05, 0) is 31.0 Å². The van der Waals surface area contributed by atoms with E-state index >= 15 is 0 Å². The molecule has 1 aromatic carbocycles. The standard InChI is InChI=1S/C15H17F2NO4/c1-15(13(20)21)6-7-18(9-15)12(19)8-10-2-4-11(5-3-10)22-14(16)17/h2-5,14H,6-9H2,1H3,(H,20,21). The fourth-order valence-electron chi connectivity index (χ4n) is 2.42. The van der Waals surface area contributed by atoms with Crippen LogP contribution in [-0.4, -0.2) is 41.6 Å². The van der Waals surface area contributed by atoms with E-state index in [0.717, 1.165) is 0 Å². The summed E-state index contributed by atoms with van der Waals surface area (Å²) in [5.74, 6) is -1.05. The monoisotopic (exact) mass is 313 g/mol. The third-order valence-corrected chi connectivity index (χ3v) is 3.85. The summed E-state index contributed by atoms with van der Waals surface area (Å²) in [5.41, 5.74) is -0.236. The molecule has 5 nitrogen and oxygen atoms in total. The Morgan fingerprint density at radius 1 is 1.36 bits per heavy atom. The van der Waals surface area contributed by atoms with E-state index < -0.39 is 18.0 Å². The van der Waals surface area contributed by atoms with Crippen LogP contribution in [0, 0.1) is 5.41 Å². The van der Waals surface area contributed by atoms with Gasteiger partial charge in [0.1, 0.15) is 5.75 Å². The van der Waals surface area contributed by atoms with E-state index in [1.807, 2.05) is 0 Å². The van der Waals surface area contributed by atoms with Crippen molar-refractivity contribution in [2.45, 2.75) is 26.4 Å². The van der Waals surface area contributed by atoms with Gasteiger partial charge < -0.3 is 14.7 Å². The minimum absolute atomic E-state index is 0.0332. The largest absolute Gasteiger partial charge is 0.481 e. The van der Waals surface area contributed by atoms with Gasteiger partial charge in [0.05, 0.1) is 11.8 Å². The van der Waals surface area contributed by atoms with Gasteiger partial charge in [-0.25, -0.2) is 0 Å². The summed E-state index contributed by atoms with van der Waals surface area (Å²) in [5, 5.41) is 9.15. The Morgan fingerprint density at radius 3 is 2.50 bits per heavy atom. The zero-order valence-corrected chi connectivity index (χ0v) is 12.1. The highest BCUT2D eigenvalue weighted by atomic mass is 19.3. The lowest BCUT2D eigenvalue weighted by molar-refractivity contribution is -0.147. The lowest BCUT2D eigenvalue weighted by atomic mass is 9.90. The van der Waals surface area contributed by atoms with Crippen LogP contribution in [0.5, 0.6) is 5.75 Å². The maximum Gasteiger partial charge on any atom is 0.387 e. The number of benzene rings is 1. The second-order valence-electron chi connectivity index (χ2n) is 5.63. The highest BCUT2D eigenvalue weighted by Gasteiger charge is 2.41. The number of likely N-dealkylation sites (tertiary alicyclic amines) is 1. The van der Waals surface area contributed by atoms with E-state index in [0.29, 0.717) is 18.5 Å². The number of carboxylic acids is 1. The van der Waals surface area contributed by atoms with Crippen molar-refractivity contribution >= 4 is 11.9 Å². The minimum atomic E-state index is -2.88. The molecule has 1 unspecified atom stereocenters. The molecule has 0 aliphatic carbocycles. The van der Waals surface area contributed by atoms with E-state index in [-0.39, 0.29) is 24.6 Å². The van der Waals surface area contributed by atoms with Gasteiger partial charge in [-0.2, -0.15) is 8.78 Å². The number of amides is 1. The predicted octanol–water partition coefficient (Wildman–Crippen LogP) is 2.15. The average Bonchev–Trinajstić information content (AvgIpc) is 2.85. The molecule has 0 radical (unpaired) electrons. The van der Waals surface area contributed by atoms with Crippen molar-refractivity contribution in [2.24, 2.45) is 5.41 Å². The molecule has 1 amide bonds. The summed E-state index contributed by atoms with van der Waals surface area (Å²) in [6.45, 7) is -0.660. The van der Waals surface area contributed by atoms with Gasteiger partial charge >= 0.3 is 12.6 Å². The summed E-state index contributed by atoms with van der Waals surface area (Å²) < 4.78 is 28.3. The molecular formula is C15H17F2NO4. The number of carbonyl (C=O) groups is 2. The topological polar surface area (TPSA) is 66.8 Å². The van der Waals surface area contributed by atoms with E-state index in [4.69, 9.17) is 5.11 Å². The van der Waals surface area contributed by atoms with Gasteiger partial charge in [0.2, 0.25) is 5.91 Å². The Balaban J connectivity index is 1.94. The molecule has 1 saturated heterocycles. The average molecular weight is 313 g/mol. The van der Waals surface area contributed by atoms with Gasteiger partial charge in [0.15, 0.2) is 0 Å². The summed E-state index contributed by atoms with van der Waals surface area (Å²) in [4.78, 5) is 24.9. The Labute approximate surface area is 126 Å². The van der Waals surface area contributed by atoms with Crippen LogP contribution in [0.15, 0.2) is 24.3 Å². The van der Waals surface area contributed by atoms with Crippen LogP contribution < -0.4 is 4.74 Å². The molecule has 0 spiro atoms. The first-order valence-corrected chi connectivity index (χ1v) is 6.85. The van der Waals surface area contributed by atoms with Crippen molar-refractivity contribution in [2.75, 3.05) is 13.1 Å². The second-order valence-corrected chi connectivity index (χ2v) is 5.63. The van der Waals surface area contributed by atoms with Crippen molar-refractivity contribution in [1.29, 1.82) is 0 Å². The van der Waals surface area contributed by atoms with Gasteiger partial charge in [-0.3, -0.25) is 9.59 Å². The van der Waals surface area contributed by atoms with E-state index in [1.54, 1.807) is 19.1 Å². The molecule has 7 heteroatoms. The number of carboxylic acid groups (broad SMARTS) is 1. The normalized spacial score (nSPS) is 21.2. The Hall–Kier alpha value is -2.18. The van der Waals surface area contributed by atoms with Gasteiger partial charge in [0, 0.05) is 13.1 Å². The van der Waals surface area contributed by atoms with Crippen molar-refractivity contribution in [1.82, 2.24) is 4.90 Å². The molecule has 0 bridgehead atoms. The number of nitrogens with zero attached hydrogens (tertiary/aromatic N) is 1. The first kappa shape index (κ1) is 16.2. The molecule has 1 fully saturated rings. The molecular weight excluding hydrogens is 296 g/mol. The van der Waals surface area contributed by atoms with Crippen LogP contribution in [0.25, 0.3) is 0 Å². The van der Waals surface area contributed by atoms with Crippen molar-refractivity contribution in [3.63, 3.8) is 0 Å². The predicted molar refractivity (Wildman–Crippen MR) is 73.7 cm³/mol. The number of hydrogen-bond donors (Lipinski definition) is 1. The molecule has 1 aliphatic rings. The first-order valence-electron chi connectivity index (χ1n) is 6.85. The minimum Gasteiger partial charge on any atom is -0.481 e. The maximum absolute atomic E-state index is 12.2. The molecule has 120 valence electrons. The van der Waals surface area contributed by atoms with E-state index in [1.165, 1.54) is 17.0 Å². The third-order valence-electron chi connectivity index (χ3n) is 3.85. The number of hydrogen-bond acceptors (Lipinski definition) is 3. The number of carbonyl (C=O) groups excluding carboxylic acids is 1. The maximum atomic E-state index is 12.2. The van der Waals surface area contributed by atoms with Crippen molar-refractivity contribution in [3.05, 3.63) is 29.8 Å². The molecule has 1 heterocycles. The summed E-state index contributed by atoms with van der Waals surface area (Å²) in [7, 11) is 0. The number of halogens is 2. The van der Waals surface area contributed by atoms with E-state index in [9.17, 15) is 18.4 Å². The highest BCUT2D eigenvalue weighted by molar-refractivity contribution is 5.82. The Kier molecular flexibility index (Phi) is 4.63. The van der Waals surface area contributed by atoms with Crippen LogP contribution in [0.2, 0.25) is 0 Å². The molecule has 22 heavy (non-hydrogen) atoms. The van der Waals surface area contributed by atoms with Crippen LogP contribution in [-0.2, 0) is 16.0 Å². The summed E-state index contributed by atoms with van der Waals surface area (Å²) in [6.07, 6.45) is 0.528. The fourth-order valence-corrected chi connectivity index (χ4v) is 2.42. The second kappa shape index (κ2) is 6.29. The van der Waals surface area contributed by atoms with Gasteiger partial charge in [-0.15, -0.1) is 0 Å². The molecule has 1 atom stereocenters. The molecule has 1 aliphatic heterocycles. The lowest BCUT2D eigenvalue weighted by Gasteiger charge is -2.20.